The highest BCUT2D eigenvalue weighted by atomic mass is 19.4. The van der Waals surface area contributed by atoms with Gasteiger partial charge in [0.15, 0.2) is 0 Å². The van der Waals surface area contributed by atoms with E-state index in [0.717, 1.165) is 37.3 Å². The second-order valence-corrected chi connectivity index (χ2v) is 9.40. The van der Waals surface area contributed by atoms with E-state index in [4.69, 9.17) is 5.11 Å². The van der Waals surface area contributed by atoms with Crippen LogP contribution in [-0.2, 0) is 15.8 Å². The smallest absolute Gasteiger partial charge is 0.418 e. The Morgan fingerprint density at radius 1 is 0.943 bits per heavy atom. The van der Waals surface area contributed by atoms with Gasteiger partial charge in [0, 0.05) is 17.5 Å². The molecule has 2 fully saturated rings. The number of anilines is 2. The van der Waals surface area contributed by atoms with E-state index in [1.807, 2.05) is 12.1 Å². The lowest BCUT2D eigenvalue weighted by atomic mass is 9.63. The number of halogens is 3. The minimum atomic E-state index is -4.58. The van der Waals surface area contributed by atoms with E-state index >= 15 is 0 Å². The Hall–Kier alpha value is -3.36. The lowest BCUT2D eigenvalue weighted by Gasteiger charge is -2.41. The number of nitrogens with one attached hydrogen (secondary N) is 2. The van der Waals surface area contributed by atoms with Crippen LogP contribution in [0.25, 0.3) is 0 Å². The van der Waals surface area contributed by atoms with Crippen LogP contribution in [0.2, 0.25) is 0 Å². The summed E-state index contributed by atoms with van der Waals surface area (Å²) in [6.45, 7) is 0. The van der Waals surface area contributed by atoms with Crippen molar-refractivity contribution in [2.45, 2.75) is 50.6 Å². The zero-order chi connectivity index (χ0) is 25.2. The first-order chi connectivity index (χ1) is 16.6. The van der Waals surface area contributed by atoms with Gasteiger partial charge in [0.05, 0.1) is 17.7 Å². The summed E-state index contributed by atoms with van der Waals surface area (Å²) in [5.41, 5.74) is 0.292. The third-order valence-electron chi connectivity index (χ3n) is 7.18. The third kappa shape index (κ3) is 5.83. The Morgan fingerprint density at radius 3 is 2.34 bits per heavy atom. The number of Topliss-reactive ketones (excluding diaryl/α,β-unsaturated/α-hetero) is 1. The molecular weight excluding hydrogens is 461 g/mol. The summed E-state index contributed by atoms with van der Waals surface area (Å²) in [6.07, 6.45) is -0.768. The SMILES string of the molecule is O=C(O)CC1CCC2CC(c3ccc(NC(=O)Nc4ccccc4C(F)(F)F)cc3)CCC2C1=O. The number of para-hydroxylation sites is 1. The quantitative estimate of drug-likeness (QED) is 0.460. The minimum absolute atomic E-state index is 0.0615. The van der Waals surface area contributed by atoms with Crippen LogP contribution in [-0.4, -0.2) is 22.9 Å². The molecule has 0 bridgehead atoms. The number of aliphatic carboxylic acids is 1. The molecule has 0 saturated heterocycles. The molecule has 2 aromatic rings. The fraction of sp³-hybridized carbons (Fsp3) is 0.423. The molecule has 2 amide bonds. The largest absolute Gasteiger partial charge is 0.481 e. The molecule has 0 aliphatic heterocycles. The van der Waals surface area contributed by atoms with Crippen molar-refractivity contribution in [3.63, 3.8) is 0 Å². The Morgan fingerprint density at radius 2 is 1.66 bits per heavy atom. The summed E-state index contributed by atoms with van der Waals surface area (Å²) >= 11 is 0. The van der Waals surface area contributed by atoms with Crippen molar-refractivity contribution in [1.82, 2.24) is 0 Å². The van der Waals surface area contributed by atoms with Crippen LogP contribution in [0.5, 0.6) is 0 Å². The molecule has 2 aliphatic carbocycles. The van der Waals surface area contributed by atoms with Crippen molar-refractivity contribution in [3.8, 4) is 0 Å². The van der Waals surface area contributed by atoms with Gasteiger partial charge in [-0.3, -0.25) is 9.59 Å². The van der Waals surface area contributed by atoms with Crippen molar-refractivity contribution >= 4 is 29.2 Å². The van der Waals surface area contributed by atoms with E-state index in [1.54, 1.807) is 12.1 Å². The summed E-state index contributed by atoms with van der Waals surface area (Å²) in [4.78, 5) is 36.0. The fourth-order valence-corrected chi connectivity index (χ4v) is 5.50. The van der Waals surface area contributed by atoms with Crippen LogP contribution in [0.15, 0.2) is 48.5 Å². The van der Waals surface area contributed by atoms with Gasteiger partial charge in [0.25, 0.3) is 0 Å². The zero-order valence-corrected chi connectivity index (χ0v) is 19.0. The molecule has 9 heteroatoms. The zero-order valence-electron chi connectivity index (χ0n) is 19.0. The van der Waals surface area contributed by atoms with E-state index in [2.05, 4.69) is 10.6 Å². The summed E-state index contributed by atoms with van der Waals surface area (Å²) in [5, 5.41) is 13.9. The number of carbonyl (C=O) groups is 3. The number of ketones is 1. The fourth-order valence-electron chi connectivity index (χ4n) is 5.50. The summed E-state index contributed by atoms with van der Waals surface area (Å²) in [5.74, 6) is -0.745. The topological polar surface area (TPSA) is 95.5 Å². The maximum atomic E-state index is 13.1. The van der Waals surface area contributed by atoms with Gasteiger partial charge in [0.2, 0.25) is 0 Å². The minimum Gasteiger partial charge on any atom is -0.481 e. The molecule has 4 atom stereocenters. The molecule has 2 aromatic carbocycles. The van der Waals surface area contributed by atoms with Gasteiger partial charge in [0.1, 0.15) is 5.78 Å². The number of amides is 2. The Labute approximate surface area is 200 Å². The number of alkyl halides is 3. The molecule has 4 unspecified atom stereocenters. The van der Waals surface area contributed by atoms with E-state index in [1.165, 1.54) is 18.2 Å². The third-order valence-corrected chi connectivity index (χ3v) is 7.18. The normalized spacial score (nSPS) is 24.4. The number of benzene rings is 2. The molecule has 2 aliphatic rings. The predicted octanol–water partition coefficient (Wildman–Crippen LogP) is 6.30. The molecular formula is C26H27F3N2O4. The van der Waals surface area contributed by atoms with Crippen LogP contribution in [0.4, 0.5) is 29.3 Å². The predicted molar refractivity (Wildman–Crippen MR) is 124 cm³/mol. The summed E-state index contributed by atoms with van der Waals surface area (Å²) < 4.78 is 39.4. The van der Waals surface area contributed by atoms with Gasteiger partial charge in [-0.15, -0.1) is 0 Å². The highest BCUT2D eigenvalue weighted by Crippen LogP contribution is 2.46. The van der Waals surface area contributed by atoms with Gasteiger partial charge in [-0.1, -0.05) is 24.3 Å². The molecule has 2 saturated carbocycles. The van der Waals surface area contributed by atoms with Gasteiger partial charge in [-0.2, -0.15) is 13.2 Å². The van der Waals surface area contributed by atoms with Crippen molar-refractivity contribution < 1.29 is 32.7 Å². The summed E-state index contributed by atoms with van der Waals surface area (Å²) in [7, 11) is 0. The lowest BCUT2D eigenvalue weighted by molar-refractivity contribution is -0.144. The van der Waals surface area contributed by atoms with Crippen molar-refractivity contribution in [3.05, 3.63) is 59.7 Å². The van der Waals surface area contributed by atoms with E-state index in [9.17, 15) is 27.6 Å². The van der Waals surface area contributed by atoms with Crippen LogP contribution < -0.4 is 10.6 Å². The maximum Gasteiger partial charge on any atom is 0.418 e. The molecule has 186 valence electrons. The Bertz CT molecular complexity index is 1100. The van der Waals surface area contributed by atoms with Crippen LogP contribution in [0, 0.1) is 17.8 Å². The molecule has 4 rings (SSSR count). The number of fused-ring (bicyclic) bond motifs is 1. The standard InChI is InChI=1S/C26H27F3N2O4/c27-26(28,29)21-3-1-2-4-22(21)31-25(35)30-19-10-7-15(8-11-19)16-9-12-20-17(13-16)5-6-18(24(20)34)14-23(32)33/h1-4,7-8,10-11,16-18,20H,5-6,9,12-14H2,(H,32,33)(H2,30,31,35). The number of urea groups is 1. The molecule has 6 nitrogen and oxygen atoms in total. The first-order valence-corrected chi connectivity index (χ1v) is 11.7. The van der Waals surface area contributed by atoms with Crippen LogP contribution in [0.3, 0.4) is 0 Å². The number of hydrogen-bond donors (Lipinski definition) is 3. The first kappa shape index (κ1) is 24.8. The van der Waals surface area contributed by atoms with Crippen LogP contribution in [0.1, 0.15) is 55.6 Å². The lowest BCUT2D eigenvalue weighted by Crippen LogP contribution is -2.39. The summed E-state index contributed by atoms with van der Waals surface area (Å²) in [6, 6.07) is 11.2. The van der Waals surface area contributed by atoms with Gasteiger partial charge < -0.3 is 15.7 Å². The average molecular weight is 489 g/mol. The van der Waals surface area contributed by atoms with Gasteiger partial charge in [-0.05, 0) is 73.8 Å². The monoisotopic (exact) mass is 488 g/mol. The molecule has 3 N–H and O–H groups in total. The molecule has 0 radical (unpaired) electrons. The molecule has 0 heterocycles. The number of rotatable bonds is 5. The number of carboxylic acids is 1. The Balaban J connectivity index is 1.34. The maximum absolute atomic E-state index is 13.1. The van der Waals surface area contributed by atoms with Crippen molar-refractivity contribution in [2.75, 3.05) is 10.6 Å². The van der Waals surface area contributed by atoms with E-state index in [-0.39, 0.29) is 41.6 Å². The molecule has 35 heavy (non-hydrogen) atoms. The number of hydrogen-bond acceptors (Lipinski definition) is 3. The van der Waals surface area contributed by atoms with E-state index in [0.29, 0.717) is 12.1 Å². The van der Waals surface area contributed by atoms with Crippen molar-refractivity contribution in [2.24, 2.45) is 17.8 Å². The second-order valence-electron chi connectivity index (χ2n) is 9.40. The first-order valence-electron chi connectivity index (χ1n) is 11.7. The van der Waals surface area contributed by atoms with Crippen LogP contribution >= 0.6 is 0 Å². The average Bonchev–Trinajstić information content (AvgIpc) is 2.80. The highest BCUT2D eigenvalue weighted by Gasteiger charge is 2.42. The van der Waals surface area contributed by atoms with E-state index < -0.39 is 23.7 Å². The van der Waals surface area contributed by atoms with Gasteiger partial charge >= 0.3 is 18.2 Å². The van der Waals surface area contributed by atoms with Gasteiger partial charge in [-0.25, -0.2) is 4.79 Å². The Kier molecular flexibility index (Phi) is 7.14. The number of carbonyl (C=O) groups excluding carboxylic acids is 2. The molecule has 0 aromatic heterocycles. The second kappa shape index (κ2) is 10.1. The molecule has 0 spiro atoms. The number of carboxylic acid groups (broad SMARTS) is 1. The van der Waals surface area contributed by atoms with Crippen molar-refractivity contribution in [1.29, 1.82) is 0 Å². The highest BCUT2D eigenvalue weighted by molar-refractivity contribution is 6.00.